The lowest BCUT2D eigenvalue weighted by Gasteiger charge is -2.39. The number of hydrogen-bond donors (Lipinski definition) is 0. The Kier molecular flexibility index (Phi) is 5.48. The van der Waals surface area contributed by atoms with Crippen LogP contribution in [0.5, 0.6) is 0 Å². The van der Waals surface area contributed by atoms with Crippen molar-refractivity contribution in [3.05, 3.63) is 0 Å². The molecule has 0 saturated heterocycles. The van der Waals surface area contributed by atoms with Crippen molar-refractivity contribution in [1.82, 2.24) is 0 Å². The molecule has 17 heavy (non-hydrogen) atoms. The lowest BCUT2D eigenvalue weighted by atomic mass is 9.69. The van der Waals surface area contributed by atoms with Crippen LogP contribution in [-0.2, 0) is 9.53 Å². The van der Waals surface area contributed by atoms with Gasteiger partial charge in [-0.3, -0.25) is 4.79 Å². The van der Waals surface area contributed by atoms with Crippen molar-refractivity contribution in [2.75, 3.05) is 0 Å². The summed E-state index contributed by atoms with van der Waals surface area (Å²) in [5.74, 6) is 2.68. The lowest BCUT2D eigenvalue weighted by molar-refractivity contribution is -0.151. The van der Waals surface area contributed by atoms with E-state index in [4.69, 9.17) is 4.74 Å². The molecule has 1 aliphatic rings. The Morgan fingerprint density at radius 2 is 2.00 bits per heavy atom. The zero-order chi connectivity index (χ0) is 13.0. The molecule has 0 unspecified atom stereocenters. The molecule has 0 aliphatic heterocycles. The van der Waals surface area contributed by atoms with Gasteiger partial charge in [0.15, 0.2) is 0 Å². The first-order chi connectivity index (χ1) is 7.95. The van der Waals surface area contributed by atoms with Crippen LogP contribution in [0.25, 0.3) is 0 Å². The Labute approximate surface area is 106 Å². The van der Waals surface area contributed by atoms with Crippen molar-refractivity contribution in [1.29, 1.82) is 0 Å². The summed E-state index contributed by atoms with van der Waals surface area (Å²) < 4.78 is 5.50. The molecule has 1 saturated carbocycles. The number of rotatable bonds is 4. The Morgan fingerprint density at radius 1 is 1.35 bits per heavy atom. The molecule has 0 amide bonds. The first kappa shape index (κ1) is 14.5. The second-order valence-electron chi connectivity index (χ2n) is 6.01. The van der Waals surface area contributed by atoms with Crippen molar-refractivity contribution < 1.29 is 9.53 Å². The summed E-state index contributed by atoms with van der Waals surface area (Å²) in [5.41, 5.74) is 0. The van der Waals surface area contributed by atoms with Crippen molar-refractivity contribution in [2.45, 2.75) is 66.4 Å². The predicted molar refractivity (Wildman–Crippen MR) is 70.7 cm³/mol. The summed E-state index contributed by atoms with van der Waals surface area (Å²) in [6.45, 7) is 10.6. The predicted octanol–water partition coefficient (Wildman–Crippen LogP) is 4.04. The fourth-order valence-electron chi connectivity index (χ4n) is 3.20. The third-order valence-corrected chi connectivity index (χ3v) is 4.44. The van der Waals surface area contributed by atoms with Gasteiger partial charge in [-0.1, -0.05) is 34.1 Å². The fraction of sp³-hybridized carbons (Fsp3) is 0.933. The summed E-state index contributed by atoms with van der Waals surface area (Å²) >= 11 is 0. The maximum absolute atomic E-state index is 11.2. The van der Waals surface area contributed by atoms with E-state index in [1.165, 1.54) is 26.2 Å². The van der Waals surface area contributed by atoms with E-state index >= 15 is 0 Å². The van der Waals surface area contributed by atoms with Crippen LogP contribution in [-0.4, -0.2) is 12.1 Å². The fourth-order valence-corrected chi connectivity index (χ4v) is 3.20. The number of carbonyl (C=O) groups excluding carboxylic acids is 1. The van der Waals surface area contributed by atoms with Gasteiger partial charge in [-0.15, -0.1) is 0 Å². The molecule has 0 aromatic heterocycles. The molecule has 1 fully saturated rings. The summed E-state index contributed by atoms with van der Waals surface area (Å²) in [6, 6.07) is 0. The largest absolute Gasteiger partial charge is 0.462 e. The molecular formula is C15H28O2. The maximum Gasteiger partial charge on any atom is 0.302 e. The van der Waals surface area contributed by atoms with Gasteiger partial charge in [0.05, 0.1) is 0 Å². The van der Waals surface area contributed by atoms with Gasteiger partial charge in [0.2, 0.25) is 0 Å². The highest BCUT2D eigenvalue weighted by molar-refractivity contribution is 5.66. The summed E-state index contributed by atoms with van der Waals surface area (Å²) in [4.78, 5) is 11.2. The number of esters is 1. The van der Waals surface area contributed by atoms with Crippen LogP contribution in [0.1, 0.15) is 60.3 Å². The standard InChI is InChI=1S/C15H28O2/c1-6-15(17-12(5)16)14-9-13(10(2)3)8-7-11(14)4/h10-11,13-15H,6-9H2,1-5H3/t11-,13+,14-,15-/m0/s1. The first-order valence-corrected chi connectivity index (χ1v) is 7.12. The monoisotopic (exact) mass is 240 g/mol. The highest BCUT2D eigenvalue weighted by atomic mass is 16.5. The molecule has 0 heterocycles. The Bertz CT molecular complexity index is 247. The highest BCUT2D eigenvalue weighted by Crippen LogP contribution is 2.40. The molecule has 0 aromatic rings. The molecule has 0 N–H and O–H groups in total. The van der Waals surface area contributed by atoms with E-state index in [1.807, 2.05) is 0 Å². The van der Waals surface area contributed by atoms with Crippen LogP contribution in [0.15, 0.2) is 0 Å². The SMILES string of the molecule is CC[C@H](OC(C)=O)[C@H]1C[C@H](C(C)C)CC[C@@H]1C. The summed E-state index contributed by atoms with van der Waals surface area (Å²) in [5, 5.41) is 0. The van der Waals surface area contributed by atoms with E-state index in [9.17, 15) is 4.79 Å². The zero-order valence-corrected chi connectivity index (χ0v) is 12.0. The van der Waals surface area contributed by atoms with Crippen molar-refractivity contribution in [3.63, 3.8) is 0 Å². The van der Waals surface area contributed by atoms with Gasteiger partial charge in [0.1, 0.15) is 6.10 Å². The van der Waals surface area contributed by atoms with Crippen LogP contribution < -0.4 is 0 Å². The minimum absolute atomic E-state index is 0.129. The average molecular weight is 240 g/mol. The topological polar surface area (TPSA) is 26.3 Å². The van der Waals surface area contributed by atoms with E-state index in [-0.39, 0.29) is 12.1 Å². The van der Waals surface area contributed by atoms with Crippen molar-refractivity contribution in [3.8, 4) is 0 Å². The van der Waals surface area contributed by atoms with Gasteiger partial charge in [0.25, 0.3) is 0 Å². The second kappa shape index (κ2) is 6.42. The molecule has 1 aliphatic carbocycles. The van der Waals surface area contributed by atoms with Gasteiger partial charge in [-0.2, -0.15) is 0 Å². The molecule has 4 atom stereocenters. The van der Waals surface area contributed by atoms with E-state index in [0.29, 0.717) is 11.8 Å². The van der Waals surface area contributed by atoms with E-state index in [2.05, 4.69) is 27.7 Å². The first-order valence-electron chi connectivity index (χ1n) is 7.12. The normalized spacial score (nSPS) is 31.3. The van der Waals surface area contributed by atoms with Gasteiger partial charge in [0, 0.05) is 6.92 Å². The smallest absolute Gasteiger partial charge is 0.302 e. The maximum atomic E-state index is 11.2. The average Bonchev–Trinajstić information content (AvgIpc) is 2.26. The molecule has 0 radical (unpaired) electrons. The molecule has 1 rings (SSSR count). The lowest BCUT2D eigenvalue weighted by Crippen LogP contribution is -2.36. The van der Waals surface area contributed by atoms with Gasteiger partial charge in [-0.25, -0.2) is 0 Å². The number of hydrogen-bond acceptors (Lipinski definition) is 2. The van der Waals surface area contributed by atoms with Crippen LogP contribution >= 0.6 is 0 Å². The van der Waals surface area contributed by atoms with E-state index < -0.39 is 0 Å². The van der Waals surface area contributed by atoms with E-state index in [1.54, 1.807) is 0 Å². The van der Waals surface area contributed by atoms with Crippen LogP contribution in [0, 0.1) is 23.7 Å². The number of ether oxygens (including phenoxy) is 1. The van der Waals surface area contributed by atoms with Gasteiger partial charge in [-0.05, 0) is 42.9 Å². The molecule has 0 bridgehead atoms. The quantitative estimate of drug-likeness (QED) is 0.693. The zero-order valence-electron chi connectivity index (χ0n) is 12.0. The molecule has 2 nitrogen and oxygen atoms in total. The summed E-state index contributed by atoms with van der Waals surface area (Å²) in [7, 11) is 0. The molecule has 2 heteroatoms. The molecular weight excluding hydrogens is 212 g/mol. The van der Waals surface area contributed by atoms with Crippen LogP contribution in [0.4, 0.5) is 0 Å². The van der Waals surface area contributed by atoms with Gasteiger partial charge >= 0.3 is 5.97 Å². The van der Waals surface area contributed by atoms with Crippen LogP contribution in [0.3, 0.4) is 0 Å². The minimum Gasteiger partial charge on any atom is -0.462 e. The Morgan fingerprint density at radius 3 is 2.47 bits per heavy atom. The second-order valence-corrected chi connectivity index (χ2v) is 6.01. The molecule has 100 valence electrons. The van der Waals surface area contributed by atoms with Crippen LogP contribution in [0.2, 0.25) is 0 Å². The Balaban J connectivity index is 2.66. The summed E-state index contributed by atoms with van der Waals surface area (Å²) in [6.07, 6.45) is 4.92. The molecule has 0 spiro atoms. The van der Waals surface area contributed by atoms with Crippen molar-refractivity contribution in [2.24, 2.45) is 23.7 Å². The van der Waals surface area contributed by atoms with Gasteiger partial charge < -0.3 is 4.74 Å². The molecule has 0 aromatic carbocycles. The van der Waals surface area contributed by atoms with Crippen molar-refractivity contribution >= 4 is 5.97 Å². The highest BCUT2D eigenvalue weighted by Gasteiger charge is 2.35. The number of carbonyl (C=O) groups is 1. The third-order valence-electron chi connectivity index (χ3n) is 4.44. The van der Waals surface area contributed by atoms with E-state index in [0.717, 1.165) is 18.3 Å². The third kappa shape index (κ3) is 4.01. The minimum atomic E-state index is -0.129. The Hall–Kier alpha value is -0.530.